The number of nitrogens with zero attached hydrogens (tertiary/aromatic N) is 2. The first-order valence-corrected chi connectivity index (χ1v) is 12.5. The zero-order valence-electron chi connectivity index (χ0n) is 17.9. The number of hydrogen-bond acceptors (Lipinski definition) is 3. The highest BCUT2D eigenvalue weighted by atomic mass is 35.5. The van der Waals surface area contributed by atoms with E-state index in [2.05, 4.69) is 4.90 Å². The number of benzene rings is 3. The quantitative estimate of drug-likeness (QED) is 0.465. The van der Waals surface area contributed by atoms with Crippen LogP contribution in [0.25, 0.3) is 0 Å². The van der Waals surface area contributed by atoms with Crippen molar-refractivity contribution in [1.82, 2.24) is 4.90 Å². The van der Waals surface area contributed by atoms with E-state index in [4.69, 9.17) is 11.6 Å². The molecule has 3 aromatic rings. The lowest BCUT2D eigenvalue weighted by molar-refractivity contribution is 0.206. The number of piperidine rings is 1. The Morgan fingerprint density at radius 1 is 0.969 bits per heavy atom. The Balaban J connectivity index is 1.60. The molecule has 0 amide bonds. The fourth-order valence-corrected chi connectivity index (χ4v) is 6.40. The molecule has 168 valence electrons. The largest absolute Gasteiger partial charge is 0.299 e. The fourth-order valence-electron chi connectivity index (χ4n) is 4.27. The second-order valence-corrected chi connectivity index (χ2v) is 10.3. The number of hydrogen-bond donors (Lipinski definition) is 0. The van der Waals surface area contributed by atoms with E-state index in [9.17, 15) is 12.8 Å². The van der Waals surface area contributed by atoms with Crippen LogP contribution < -0.4 is 4.31 Å². The number of likely N-dealkylation sites (tertiary alicyclic amines) is 1. The summed E-state index contributed by atoms with van der Waals surface area (Å²) in [6.45, 7) is 4.02. The van der Waals surface area contributed by atoms with E-state index in [1.54, 1.807) is 37.3 Å². The van der Waals surface area contributed by atoms with Crippen molar-refractivity contribution >= 4 is 27.3 Å². The van der Waals surface area contributed by atoms with E-state index >= 15 is 0 Å². The molecule has 0 bridgehead atoms. The van der Waals surface area contributed by atoms with Crippen LogP contribution in [0.15, 0.2) is 77.7 Å². The molecule has 4 rings (SSSR count). The molecule has 0 unspecified atom stereocenters. The van der Waals surface area contributed by atoms with Gasteiger partial charge in [0.25, 0.3) is 10.0 Å². The average molecular weight is 473 g/mol. The molecule has 0 atom stereocenters. The van der Waals surface area contributed by atoms with Gasteiger partial charge >= 0.3 is 0 Å². The zero-order valence-corrected chi connectivity index (χ0v) is 19.5. The summed E-state index contributed by atoms with van der Waals surface area (Å²) in [5, 5.41) is 0.740. The molecule has 1 heterocycles. The number of halogens is 2. The summed E-state index contributed by atoms with van der Waals surface area (Å²) in [6, 6.07) is 20.2. The van der Waals surface area contributed by atoms with Crippen LogP contribution in [-0.2, 0) is 16.6 Å². The first-order valence-electron chi connectivity index (χ1n) is 10.7. The minimum absolute atomic E-state index is 0.215. The van der Waals surface area contributed by atoms with Crippen LogP contribution in [0.2, 0.25) is 5.02 Å². The number of anilines is 1. The lowest BCUT2D eigenvalue weighted by Gasteiger charge is -2.39. The van der Waals surface area contributed by atoms with E-state index in [0.29, 0.717) is 24.1 Å². The molecule has 1 aliphatic rings. The first-order chi connectivity index (χ1) is 15.4. The summed E-state index contributed by atoms with van der Waals surface area (Å²) in [7, 11) is -3.81. The summed E-state index contributed by atoms with van der Waals surface area (Å²) in [4.78, 5) is 2.57. The summed E-state index contributed by atoms with van der Waals surface area (Å²) in [6.07, 6.45) is 1.35. The minimum atomic E-state index is -3.81. The molecule has 32 heavy (non-hydrogen) atoms. The second kappa shape index (κ2) is 9.61. The summed E-state index contributed by atoms with van der Waals surface area (Å²) < 4.78 is 42.6. The van der Waals surface area contributed by atoms with Crippen molar-refractivity contribution in [2.75, 3.05) is 17.4 Å². The summed E-state index contributed by atoms with van der Waals surface area (Å²) in [5.74, 6) is -0.392. The van der Waals surface area contributed by atoms with Gasteiger partial charge in [-0.2, -0.15) is 0 Å². The molecule has 0 N–H and O–H groups in total. The van der Waals surface area contributed by atoms with Crippen LogP contribution in [0.3, 0.4) is 0 Å². The maximum absolute atomic E-state index is 13.8. The SMILES string of the molecule is Cc1ccccc1S(=O)(=O)N(c1ccc(F)cc1)C1CCN(Cc2ccccc2Cl)CC1. The molecule has 1 aliphatic heterocycles. The van der Waals surface area contributed by atoms with Gasteiger partial charge in [-0.05, 0) is 67.3 Å². The number of rotatable bonds is 6. The molecule has 1 saturated heterocycles. The van der Waals surface area contributed by atoms with Crippen LogP contribution in [-0.4, -0.2) is 32.4 Å². The monoisotopic (exact) mass is 472 g/mol. The maximum Gasteiger partial charge on any atom is 0.264 e. The molecule has 1 fully saturated rings. The Hall–Kier alpha value is -2.41. The van der Waals surface area contributed by atoms with Crippen LogP contribution in [0.4, 0.5) is 10.1 Å². The number of aryl methyl sites for hydroxylation is 1. The third-order valence-corrected chi connectivity index (χ3v) is 8.36. The first kappa shape index (κ1) is 22.8. The molecule has 0 aromatic heterocycles. The van der Waals surface area contributed by atoms with Gasteiger partial charge in [-0.1, -0.05) is 48.0 Å². The third-order valence-electron chi connectivity index (χ3n) is 5.95. The standard InChI is InChI=1S/C25H26ClFN2O2S/c1-19-6-2-5-9-25(19)32(30,31)29(22-12-10-21(27)11-13-22)23-14-16-28(17-15-23)18-20-7-3-4-8-24(20)26/h2-13,23H,14-18H2,1H3. The Labute approximate surface area is 194 Å². The van der Waals surface area contributed by atoms with Gasteiger partial charge in [0, 0.05) is 30.7 Å². The van der Waals surface area contributed by atoms with E-state index in [1.807, 2.05) is 30.3 Å². The van der Waals surface area contributed by atoms with Gasteiger partial charge in [0.15, 0.2) is 0 Å². The lowest BCUT2D eigenvalue weighted by atomic mass is 10.0. The molecule has 0 aliphatic carbocycles. The highest BCUT2D eigenvalue weighted by Gasteiger charge is 2.35. The normalized spacial score (nSPS) is 15.6. The van der Waals surface area contributed by atoms with Gasteiger partial charge < -0.3 is 0 Å². The van der Waals surface area contributed by atoms with Crippen molar-refractivity contribution in [2.45, 2.75) is 37.2 Å². The summed E-state index contributed by atoms with van der Waals surface area (Å²) in [5.41, 5.74) is 2.24. The molecule has 0 saturated carbocycles. The van der Waals surface area contributed by atoms with Gasteiger partial charge in [0.05, 0.1) is 10.6 Å². The van der Waals surface area contributed by atoms with Crippen molar-refractivity contribution in [1.29, 1.82) is 0 Å². The Kier molecular flexibility index (Phi) is 6.84. The molecule has 4 nitrogen and oxygen atoms in total. The zero-order chi connectivity index (χ0) is 22.7. The fraction of sp³-hybridized carbons (Fsp3) is 0.280. The van der Waals surface area contributed by atoms with Gasteiger partial charge in [-0.3, -0.25) is 9.21 Å². The minimum Gasteiger partial charge on any atom is -0.299 e. The van der Waals surface area contributed by atoms with Crippen LogP contribution in [0.1, 0.15) is 24.0 Å². The Bertz CT molecular complexity index is 1180. The van der Waals surface area contributed by atoms with Crippen molar-refractivity contribution in [3.63, 3.8) is 0 Å². The van der Waals surface area contributed by atoms with Crippen molar-refractivity contribution in [3.8, 4) is 0 Å². The average Bonchev–Trinajstić information content (AvgIpc) is 2.78. The van der Waals surface area contributed by atoms with E-state index in [-0.39, 0.29) is 10.9 Å². The van der Waals surface area contributed by atoms with Crippen LogP contribution >= 0.6 is 11.6 Å². The molecule has 3 aromatic carbocycles. The van der Waals surface area contributed by atoms with Gasteiger partial charge in [-0.25, -0.2) is 12.8 Å². The molecule has 0 spiro atoms. The Morgan fingerprint density at radius 2 is 1.59 bits per heavy atom. The topological polar surface area (TPSA) is 40.6 Å². The van der Waals surface area contributed by atoms with Crippen molar-refractivity contribution < 1.29 is 12.8 Å². The predicted octanol–water partition coefficient (Wildman–Crippen LogP) is 5.65. The van der Waals surface area contributed by atoms with Gasteiger partial charge in [0.2, 0.25) is 0 Å². The lowest BCUT2D eigenvalue weighted by Crippen LogP contribution is -2.47. The Morgan fingerprint density at radius 3 is 2.25 bits per heavy atom. The predicted molar refractivity (Wildman–Crippen MR) is 127 cm³/mol. The number of sulfonamides is 1. The van der Waals surface area contributed by atoms with Crippen molar-refractivity contribution in [2.24, 2.45) is 0 Å². The molecule has 0 radical (unpaired) electrons. The van der Waals surface area contributed by atoms with Crippen LogP contribution in [0.5, 0.6) is 0 Å². The van der Waals surface area contributed by atoms with Crippen molar-refractivity contribution in [3.05, 3.63) is 94.8 Å². The second-order valence-electron chi connectivity index (χ2n) is 8.14. The van der Waals surface area contributed by atoms with Crippen LogP contribution in [0, 0.1) is 12.7 Å². The highest BCUT2D eigenvalue weighted by Crippen LogP contribution is 2.32. The summed E-state index contributed by atoms with van der Waals surface area (Å²) >= 11 is 6.31. The highest BCUT2D eigenvalue weighted by molar-refractivity contribution is 7.93. The molecular weight excluding hydrogens is 447 g/mol. The van der Waals surface area contributed by atoms with E-state index in [0.717, 1.165) is 30.2 Å². The molecule has 7 heteroatoms. The maximum atomic E-state index is 13.8. The third kappa shape index (κ3) is 4.82. The van der Waals surface area contributed by atoms with Gasteiger partial charge in [0.1, 0.15) is 5.82 Å². The molecular formula is C25H26ClFN2O2S. The van der Waals surface area contributed by atoms with E-state index in [1.165, 1.54) is 16.4 Å². The smallest absolute Gasteiger partial charge is 0.264 e. The van der Waals surface area contributed by atoms with E-state index < -0.39 is 15.8 Å². The van der Waals surface area contributed by atoms with Gasteiger partial charge in [-0.15, -0.1) is 0 Å².